The minimum atomic E-state index is -1.12. The molecule has 0 aliphatic carbocycles. The Morgan fingerprint density at radius 2 is 2.00 bits per heavy atom. The molecule has 1 aliphatic rings. The SMILES string of the molecule is CN1C(=O)COC(c2ccc(O)cc2)C1C(=O)O. The lowest BCUT2D eigenvalue weighted by atomic mass is 9.99. The zero-order valence-corrected chi connectivity index (χ0v) is 9.74. The van der Waals surface area contributed by atoms with E-state index in [2.05, 4.69) is 0 Å². The molecule has 2 atom stereocenters. The van der Waals surface area contributed by atoms with Crippen LogP contribution in [0.25, 0.3) is 0 Å². The second-order valence-electron chi connectivity index (χ2n) is 4.11. The molecule has 1 amide bonds. The summed E-state index contributed by atoms with van der Waals surface area (Å²) in [5.41, 5.74) is 0.611. The molecule has 2 unspecified atom stereocenters. The average molecular weight is 251 g/mol. The van der Waals surface area contributed by atoms with Crippen molar-refractivity contribution in [2.45, 2.75) is 12.1 Å². The molecular formula is C12H13NO5. The minimum absolute atomic E-state index is 0.0888. The summed E-state index contributed by atoms with van der Waals surface area (Å²) in [5, 5.41) is 18.4. The van der Waals surface area contributed by atoms with Gasteiger partial charge in [-0.3, -0.25) is 4.79 Å². The predicted molar refractivity (Wildman–Crippen MR) is 61.0 cm³/mol. The van der Waals surface area contributed by atoms with Crippen molar-refractivity contribution in [2.75, 3.05) is 13.7 Å². The van der Waals surface area contributed by atoms with Crippen molar-refractivity contribution in [1.82, 2.24) is 4.90 Å². The van der Waals surface area contributed by atoms with Crippen LogP contribution >= 0.6 is 0 Å². The van der Waals surface area contributed by atoms with Crippen molar-refractivity contribution < 1.29 is 24.5 Å². The van der Waals surface area contributed by atoms with Crippen LogP contribution in [0, 0.1) is 0 Å². The number of aliphatic carboxylic acids is 1. The van der Waals surface area contributed by atoms with Crippen LogP contribution in [0.1, 0.15) is 11.7 Å². The molecule has 0 radical (unpaired) electrons. The lowest BCUT2D eigenvalue weighted by molar-refractivity contribution is -0.169. The number of carboxylic acids is 1. The summed E-state index contributed by atoms with van der Waals surface area (Å²) in [6.45, 7) is -0.147. The van der Waals surface area contributed by atoms with Crippen molar-refractivity contribution in [1.29, 1.82) is 0 Å². The third kappa shape index (κ3) is 2.14. The van der Waals surface area contributed by atoms with Crippen LogP contribution in [0.2, 0.25) is 0 Å². The number of aromatic hydroxyl groups is 1. The maximum atomic E-state index is 11.4. The van der Waals surface area contributed by atoms with E-state index in [4.69, 9.17) is 4.74 Å². The van der Waals surface area contributed by atoms with Gasteiger partial charge in [-0.15, -0.1) is 0 Å². The van der Waals surface area contributed by atoms with Crippen molar-refractivity contribution in [3.05, 3.63) is 29.8 Å². The lowest BCUT2D eigenvalue weighted by Crippen LogP contribution is -2.52. The molecule has 1 aromatic carbocycles. The molecule has 0 bridgehead atoms. The number of phenols is 1. The number of carboxylic acid groups (broad SMARTS) is 1. The Morgan fingerprint density at radius 3 is 2.56 bits per heavy atom. The number of morpholine rings is 1. The molecule has 1 aliphatic heterocycles. The highest BCUT2D eigenvalue weighted by Gasteiger charge is 2.40. The second kappa shape index (κ2) is 4.66. The van der Waals surface area contributed by atoms with E-state index in [0.717, 1.165) is 0 Å². The van der Waals surface area contributed by atoms with E-state index in [1.807, 2.05) is 0 Å². The van der Waals surface area contributed by atoms with Crippen LogP contribution in [0.4, 0.5) is 0 Å². The van der Waals surface area contributed by atoms with Gasteiger partial charge in [-0.1, -0.05) is 12.1 Å². The largest absolute Gasteiger partial charge is 0.508 e. The Bertz CT molecular complexity index is 470. The van der Waals surface area contributed by atoms with Gasteiger partial charge in [-0.25, -0.2) is 4.79 Å². The Hall–Kier alpha value is -2.08. The van der Waals surface area contributed by atoms with Crippen molar-refractivity contribution in [3.63, 3.8) is 0 Å². The molecule has 2 rings (SSSR count). The molecular weight excluding hydrogens is 238 g/mol. The monoisotopic (exact) mass is 251 g/mol. The van der Waals surface area contributed by atoms with E-state index in [0.29, 0.717) is 5.56 Å². The first kappa shape index (κ1) is 12.4. The number of benzene rings is 1. The van der Waals surface area contributed by atoms with Gasteiger partial charge in [0.2, 0.25) is 5.91 Å². The molecule has 0 aromatic heterocycles. The van der Waals surface area contributed by atoms with Crippen molar-refractivity contribution in [2.24, 2.45) is 0 Å². The number of carbonyl (C=O) groups excluding carboxylic acids is 1. The number of carbonyl (C=O) groups is 2. The number of phenolic OH excluding ortho intramolecular Hbond substituents is 1. The van der Waals surface area contributed by atoms with Gasteiger partial charge in [0.1, 0.15) is 18.5 Å². The van der Waals surface area contributed by atoms with Crippen LogP contribution in [0.5, 0.6) is 5.75 Å². The summed E-state index contributed by atoms with van der Waals surface area (Å²) in [6.07, 6.45) is -0.731. The maximum Gasteiger partial charge on any atom is 0.329 e. The number of rotatable bonds is 2. The summed E-state index contributed by atoms with van der Waals surface area (Å²) in [7, 11) is 1.44. The molecule has 6 heteroatoms. The van der Waals surface area contributed by atoms with Crippen LogP contribution in [0.15, 0.2) is 24.3 Å². The smallest absolute Gasteiger partial charge is 0.329 e. The Morgan fingerprint density at radius 1 is 1.39 bits per heavy atom. The molecule has 0 saturated carbocycles. The summed E-state index contributed by atoms with van der Waals surface area (Å²) < 4.78 is 5.31. The Kier molecular flexibility index (Phi) is 3.20. The first-order valence-electron chi connectivity index (χ1n) is 5.39. The highest BCUT2D eigenvalue weighted by atomic mass is 16.5. The quantitative estimate of drug-likeness (QED) is 0.793. The van der Waals surface area contributed by atoms with Gasteiger partial charge < -0.3 is 19.8 Å². The predicted octanol–water partition coefficient (Wildman–Crippen LogP) is 0.375. The van der Waals surface area contributed by atoms with Gasteiger partial charge in [0.15, 0.2) is 6.04 Å². The Balaban J connectivity index is 2.33. The van der Waals surface area contributed by atoms with Gasteiger partial charge in [-0.05, 0) is 17.7 Å². The first-order chi connectivity index (χ1) is 8.50. The van der Waals surface area contributed by atoms with Crippen LogP contribution < -0.4 is 0 Å². The molecule has 96 valence electrons. The van der Waals surface area contributed by atoms with E-state index in [-0.39, 0.29) is 18.3 Å². The van der Waals surface area contributed by atoms with Gasteiger partial charge >= 0.3 is 5.97 Å². The van der Waals surface area contributed by atoms with Crippen LogP contribution in [0.3, 0.4) is 0 Å². The number of likely N-dealkylation sites (N-methyl/N-ethyl adjacent to an activating group) is 1. The van der Waals surface area contributed by atoms with Crippen LogP contribution in [-0.4, -0.2) is 46.7 Å². The molecule has 1 saturated heterocycles. The molecule has 2 N–H and O–H groups in total. The zero-order valence-electron chi connectivity index (χ0n) is 9.74. The number of amides is 1. The zero-order chi connectivity index (χ0) is 13.3. The molecule has 1 heterocycles. The fourth-order valence-corrected chi connectivity index (χ4v) is 1.95. The number of ether oxygens (including phenoxy) is 1. The highest BCUT2D eigenvalue weighted by Crippen LogP contribution is 2.29. The third-order valence-electron chi connectivity index (χ3n) is 2.96. The average Bonchev–Trinajstić information content (AvgIpc) is 2.33. The molecule has 6 nitrogen and oxygen atoms in total. The van der Waals surface area contributed by atoms with Gasteiger partial charge in [0, 0.05) is 7.05 Å². The first-order valence-corrected chi connectivity index (χ1v) is 5.39. The maximum absolute atomic E-state index is 11.4. The minimum Gasteiger partial charge on any atom is -0.508 e. The van der Waals surface area contributed by atoms with Crippen molar-refractivity contribution in [3.8, 4) is 5.75 Å². The summed E-state index contributed by atoms with van der Waals surface area (Å²) >= 11 is 0. The van der Waals surface area contributed by atoms with Gasteiger partial charge in [0.25, 0.3) is 0 Å². The molecule has 1 fully saturated rings. The van der Waals surface area contributed by atoms with E-state index >= 15 is 0 Å². The summed E-state index contributed by atoms with van der Waals surface area (Å²) in [4.78, 5) is 23.8. The fourth-order valence-electron chi connectivity index (χ4n) is 1.95. The second-order valence-corrected chi connectivity index (χ2v) is 4.11. The summed E-state index contributed by atoms with van der Waals surface area (Å²) in [6, 6.07) is 5.01. The van der Waals surface area contributed by atoms with E-state index in [1.165, 1.54) is 24.1 Å². The van der Waals surface area contributed by atoms with E-state index in [1.54, 1.807) is 12.1 Å². The highest BCUT2D eigenvalue weighted by molar-refractivity contribution is 5.86. The molecule has 18 heavy (non-hydrogen) atoms. The van der Waals surface area contributed by atoms with Crippen molar-refractivity contribution >= 4 is 11.9 Å². The Labute approximate surface area is 103 Å². The number of hydrogen-bond acceptors (Lipinski definition) is 4. The normalized spacial score (nSPS) is 24.1. The number of nitrogens with zero attached hydrogens (tertiary/aromatic N) is 1. The lowest BCUT2D eigenvalue weighted by Gasteiger charge is -2.36. The van der Waals surface area contributed by atoms with Gasteiger partial charge in [-0.2, -0.15) is 0 Å². The van der Waals surface area contributed by atoms with E-state index in [9.17, 15) is 19.8 Å². The summed E-state index contributed by atoms with van der Waals surface area (Å²) in [5.74, 6) is -1.40. The molecule has 0 spiro atoms. The van der Waals surface area contributed by atoms with Crippen LogP contribution in [-0.2, 0) is 14.3 Å². The standard InChI is InChI=1S/C12H13NO5/c1-13-9(15)6-18-11(10(13)12(16)17)7-2-4-8(14)5-3-7/h2-5,10-11,14H,6H2,1H3,(H,16,17). The van der Waals surface area contributed by atoms with E-state index < -0.39 is 18.1 Å². The fraction of sp³-hybridized carbons (Fsp3) is 0.333. The number of hydrogen-bond donors (Lipinski definition) is 2. The van der Waals surface area contributed by atoms with Gasteiger partial charge in [0.05, 0.1) is 0 Å². The third-order valence-corrected chi connectivity index (χ3v) is 2.96. The molecule has 1 aromatic rings. The topological polar surface area (TPSA) is 87.1 Å².